The van der Waals surface area contributed by atoms with Crippen LogP contribution in [0.5, 0.6) is 5.75 Å². The van der Waals surface area contributed by atoms with Crippen molar-refractivity contribution in [3.8, 4) is 5.75 Å². The molecule has 0 bridgehead atoms. The molecule has 2 rings (SSSR count). The van der Waals surface area contributed by atoms with Crippen LogP contribution in [-0.2, 0) is 20.1 Å². The summed E-state index contributed by atoms with van der Waals surface area (Å²) in [5.74, 6) is 1.70. The molecule has 8 heteroatoms. The first-order valence-corrected chi connectivity index (χ1v) is 10.1. The Hall–Kier alpha value is -1.81. The van der Waals surface area contributed by atoms with Gasteiger partial charge in [-0.05, 0) is 43.8 Å². The third-order valence-corrected chi connectivity index (χ3v) is 4.62. The zero-order valence-corrected chi connectivity index (χ0v) is 20.3. The van der Waals surface area contributed by atoms with Crippen molar-refractivity contribution in [3.63, 3.8) is 0 Å². The number of likely N-dealkylation sites (N-methyl/N-ethyl adjacent to an activating group) is 1. The van der Waals surface area contributed by atoms with Gasteiger partial charge in [0.05, 0.1) is 18.8 Å². The fourth-order valence-corrected chi connectivity index (χ4v) is 2.78. The third kappa shape index (κ3) is 9.03. The van der Waals surface area contributed by atoms with Gasteiger partial charge in [0.25, 0.3) is 0 Å². The highest BCUT2D eigenvalue weighted by molar-refractivity contribution is 14.0. The van der Waals surface area contributed by atoms with E-state index in [0.29, 0.717) is 19.7 Å². The molecule has 0 aliphatic rings. The molecule has 0 atom stereocenters. The topological polar surface area (TPSA) is 66.7 Å². The molecule has 0 spiro atoms. The van der Waals surface area contributed by atoms with Crippen LogP contribution in [0, 0.1) is 0 Å². The molecule has 2 N–H and O–H groups in total. The molecule has 0 saturated heterocycles. The molecular weight excluding hydrogens is 479 g/mol. The predicted molar refractivity (Wildman–Crippen MR) is 130 cm³/mol. The van der Waals surface area contributed by atoms with Gasteiger partial charge in [-0.1, -0.05) is 26.0 Å². The van der Waals surface area contributed by atoms with Gasteiger partial charge in [-0.3, -0.25) is 4.68 Å². The minimum absolute atomic E-state index is 0. The van der Waals surface area contributed by atoms with E-state index in [0.717, 1.165) is 49.1 Å². The standard InChI is InChI=1S/C21H34N6O.HI/c1-5-22-21(24-17-19-12-13-25-26(19)4)23-16-18-8-10-20(11-9-18)28-15-14-27(6-2)7-3;/h8-13H,5-7,14-17H2,1-4H3,(H2,22,23,24);1H. The first kappa shape index (κ1) is 25.2. The molecule has 2 aromatic rings. The highest BCUT2D eigenvalue weighted by Crippen LogP contribution is 2.13. The molecule has 29 heavy (non-hydrogen) atoms. The van der Waals surface area contributed by atoms with Gasteiger partial charge in [-0.15, -0.1) is 24.0 Å². The van der Waals surface area contributed by atoms with Crippen LogP contribution < -0.4 is 15.4 Å². The van der Waals surface area contributed by atoms with E-state index in [1.54, 1.807) is 6.20 Å². The Labute approximate surface area is 191 Å². The normalized spacial score (nSPS) is 11.3. The van der Waals surface area contributed by atoms with Crippen LogP contribution in [0.3, 0.4) is 0 Å². The Balaban J connectivity index is 0.00000420. The summed E-state index contributed by atoms with van der Waals surface area (Å²) in [6.07, 6.45) is 1.80. The summed E-state index contributed by atoms with van der Waals surface area (Å²) in [6.45, 7) is 12.3. The lowest BCUT2D eigenvalue weighted by atomic mass is 10.2. The van der Waals surface area contributed by atoms with Gasteiger partial charge in [0, 0.05) is 26.3 Å². The van der Waals surface area contributed by atoms with Crippen LogP contribution >= 0.6 is 24.0 Å². The molecule has 1 heterocycles. The quantitative estimate of drug-likeness (QED) is 0.274. The van der Waals surface area contributed by atoms with Crippen LogP contribution in [0.1, 0.15) is 32.0 Å². The lowest BCUT2D eigenvalue weighted by Crippen LogP contribution is -2.37. The second kappa shape index (κ2) is 14.2. The van der Waals surface area contributed by atoms with Gasteiger partial charge in [0.1, 0.15) is 12.4 Å². The van der Waals surface area contributed by atoms with Crippen LogP contribution in [0.4, 0.5) is 0 Å². The Morgan fingerprint density at radius 2 is 1.83 bits per heavy atom. The van der Waals surface area contributed by atoms with E-state index in [1.807, 2.05) is 29.9 Å². The Morgan fingerprint density at radius 3 is 2.41 bits per heavy atom. The summed E-state index contributed by atoms with van der Waals surface area (Å²) in [4.78, 5) is 7.02. The number of ether oxygens (including phenoxy) is 1. The highest BCUT2D eigenvalue weighted by atomic mass is 127. The molecule has 1 aromatic heterocycles. The van der Waals surface area contributed by atoms with Crippen molar-refractivity contribution < 1.29 is 4.74 Å². The molecule has 0 fully saturated rings. The maximum absolute atomic E-state index is 5.84. The number of guanidine groups is 1. The van der Waals surface area contributed by atoms with Gasteiger partial charge in [-0.2, -0.15) is 5.10 Å². The van der Waals surface area contributed by atoms with Gasteiger partial charge in [-0.25, -0.2) is 4.99 Å². The molecule has 0 aliphatic heterocycles. The van der Waals surface area contributed by atoms with Crippen LogP contribution in [0.15, 0.2) is 41.5 Å². The predicted octanol–water partition coefficient (Wildman–Crippen LogP) is 3.01. The maximum Gasteiger partial charge on any atom is 0.191 e. The van der Waals surface area contributed by atoms with Gasteiger partial charge >= 0.3 is 0 Å². The summed E-state index contributed by atoms with van der Waals surface area (Å²) >= 11 is 0. The molecule has 1 aromatic carbocycles. The number of nitrogens with zero attached hydrogens (tertiary/aromatic N) is 4. The van der Waals surface area contributed by atoms with E-state index in [1.165, 1.54) is 0 Å². The minimum Gasteiger partial charge on any atom is -0.492 e. The number of aryl methyl sites for hydroxylation is 1. The van der Waals surface area contributed by atoms with E-state index in [9.17, 15) is 0 Å². The summed E-state index contributed by atoms with van der Waals surface area (Å²) in [7, 11) is 1.94. The molecule has 0 unspecified atom stereocenters. The van der Waals surface area contributed by atoms with Crippen LogP contribution in [0.25, 0.3) is 0 Å². The number of aromatic nitrogens is 2. The number of rotatable bonds is 11. The van der Waals surface area contributed by atoms with Crippen molar-refractivity contribution in [3.05, 3.63) is 47.8 Å². The molecule has 7 nitrogen and oxygen atoms in total. The average molecular weight is 514 g/mol. The Bertz CT molecular complexity index is 712. The van der Waals surface area contributed by atoms with E-state index >= 15 is 0 Å². The molecule has 0 radical (unpaired) electrons. The Morgan fingerprint density at radius 1 is 1.10 bits per heavy atom. The monoisotopic (exact) mass is 514 g/mol. The lowest BCUT2D eigenvalue weighted by molar-refractivity contribution is 0.223. The maximum atomic E-state index is 5.84. The van der Waals surface area contributed by atoms with Crippen LogP contribution in [0.2, 0.25) is 0 Å². The van der Waals surface area contributed by atoms with Crippen molar-refractivity contribution in [2.75, 3.05) is 32.8 Å². The Kier molecular flexibility index (Phi) is 12.4. The summed E-state index contributed by atoms with van der Waals surface area (Å²) in [5, 5.41) is 10.8. The van der Waals surface area contributed by atoms with Gasteiger partial charge in [0.15, 0.2) is 5.96 Å². The number of halogens is 1. The molecule has 0 amide bonds. The first-order valence-electron chi connectivity index (χ1n) is 10.1. The zero-order valence-electron chi connectivity index (χ0n) is 18.0. The summed E-state index contributed by atoms with van der Waals surface area (Å²) in [5.41, 5.74) is 2.26. The van der Waals surface area contributed by atoms with Gasteiger partial charge in [0.2, 0.25) is 0 Å². The van der Waals surface area contributed by atoms with Crippen molar-refractivity contribution in [1.82, 2.24) is 25.3 Å². The fourth-order valence-electron chi connectivity index (χ4n) is 2.78. The van der Waals surface area contributed by atoms with Crippen molar-refractivity contribution in [1.29, 1.82) is 0 Å². The number of aliphatic imine (C=N–C) groups is 1. The van der Waals surface area contributed by atoms with E-state index in [-0.39, 0.29) is 24.0 Å². The summed E-state index contributed by atoms with van der Waals surface area (Å²) in [6, 6.07) is 10.2. The third-order valence-electron chi connectivity index (χ3n) is 4.62. The minimum atomic E-state index is 0. The van der Waals surface area contributed by atoms with Crippen molar-refractivity contribution in [2.24, 2.45) is 12.0 Å². The lowest BCUT2D eigenvalue weighted by Gasteiger charge is -2.18. The van der Waals surface area contributed by atoms with E-state index in [4.69, 9.17) is 4.74 Å². The highest BCUT2D eigenvalue weighted by Gasteiger charge is 2.03. The number of benzene rings is 1. The van der Waals surface area contributed by atoms with Crippen LogP contribution in [-0.4, -0.2) is 53.4 Å². The SMILES string of the molecule is CCNC(=NCc1ccc(OCCN(CC)CC)cc1)NCc1ccnn1C.I. The smallest absolute Gasteiger partial charge is 0.191 e. The number of nitrogens with one attached hydrogen (secondary N) is 2. The van der Waals surface area contributed by atoms with Crippen molar-refractivity contribution in [2.45, 2.75) is 33.9 Å². The summed E-state index contributed by atoms with van der Waals surface area (Å²) < 4.78 is 7.70. The van der Waals surface area contributed by atoms with E-state index < -0.39 is 0 Å². The largest absolute Gasteiger partial charge is 0.492 e. The molecule has 0 saturated carbocycles. The fraction of sp³-hybridized carbons (Fsp3) is 0.524. The molecule has 162 valence electrons. The van der Waals surface area contributed by atoms with Gasteiger partial charge < -0.3 is 20.3 Å². The van der Waals surface area contributed by atoms with Crippen molar-refractivity contribution >= 4 is 29.9 Å². The molecular formula is C21H35IN6O. The van der Waals surface area contributed by atoms with E-state index in [2.05, 4.69) is 58.5 Å². The molecule has 0 aliphatic carbocycles. The zero-order chi connectivity index (χ0) is 20.2. The number of hydrogen-bond donors (Lipinski definition) is 2. The second-order valence-corrected chi connectivity index (χ2v) is 6.51. The second-order valence-electron chi connectivity index (χ2n) is 6.51. The average Bonchev–Trinajstić information content (AvgIpc) is 3.13. The number of hydrogen-bond acceptors (Lipinski definition) is 4. The first-order chi connectivity index (χ1) is 13.7.